The van der Waals surface area contributed by atoms with Crippen LogP contribution in [0, 0.1) is 29.1 Å². The summed E-state index contributed by atoms with van der Waals surface area (Å²) in [6.45, 7) is 5.45. The standard InChI is InChI=1S/C11H18O2/c1-6-5-7-8(6)9(7)11(2)3-4-13-10(11)12/h6-10,12H,3-5H2,1-2H3/p+1/t6?,7-,8+,9-,10?,11+/m1/s1. The maximum absolute atomic E-state index is 7.91. The summed E-state index contributed by atoms with van der Waals surface area (Å²) in [5, 5.41) is 7.91. The van der Waals surface area contributed by atoms with Gasteiger partial charge in [-0.05, 0) is 43.4 Å². The fourth-order valence-corrected chi connectivity index (χ4v) is 3.86. The zero-order valence-corrected chi connectivity index (χ0v) is 8.42. The predicted octanol–water partition coefficient (Wildman–Crippen LogP) is 1.37. The molecular formula is C11H19O2+. The Balaban J connectivity index is 1.78. The molecule has 0 radical (unpaired) electrons. The normalized spacial score (nSPS) is 64.4. The SMILES string of the molecule is CC1C[C@@H]2[C@H]1[C@@H]2[C@]1(C)CCOC1[OH2+]. The molecule has 2 unspecified atom stereocenters. The van der Waals surface area contributed by atoms with Crippen molar-refractivity contribution in [1.29, 1.82) is 0 Å². The zero-order valence-electron chi connectivity index (χ0n) is 8.42. The third-order valence-corrected chi connectivity index (χ3v) is 4.82. The van der Waals surface area contributed by atoms with Crippen molar-refractivity contribution in [2.75, 3.05) is 6.61 Å². The molecule has 0 spiro atoms. The van der Waals surface area contributed by atoms with Gasteiger partial charge in [-0.3, -0.25) is 0 Å². The summed E-state index contributed by atoms with van der Waals surface area (Å²) in [6, 6.07) is 0. The number of rotatable bonds is 1. The highest BCUT2D eigenvalue weighted by atomic mass is 16.6. The highest BCUT2D eigenvalue weighted by Gasteiger charge is 2.70. The van der Waals surface area contributed by atoms with E-state index >= 15 is 0 Å². The molecule has 13 heavy (non-hydrogen) atoms. The van der Waals surface area contributed by atoms with Gasteiger partial charge in [-0.2, -0.15) is 0 Å². The predicted molar refractivity (Wildman–Crippen MR) is 50.3 cm³/mol. The molecule has 6 atom stereocenters. The van der Waals surface area contributed by atoms with Crippen LogP contribution < -0.4 is 0 Å². The minimum atomic E-state index is -0.240. The first-order valence-corrected chi connectivity index (χ1v) is 5.47. The van der Waals surface area contributed by atoms with Gasteiger partial charge in [0, 0.05) is 0 Å². The molecule has 2 nitrogen and oxygen atoms in total. The minimum Gasteiger partial charge on any atom is -0.421 e. The van der Waals surface area contributed by atoms with E-state index in [1.807, 2.05) is 0 Å². The van der Waals surface area contributed by atoms with Crippen molar-refractivity contribution in [2.24, 2.45) is 29.1 Å². The van der Waals surface area contributed by atoms with Gasteiger partial charge in [0.05, 0.1) is 12.0 Å². The molecule has 0 amide bonds. The average Bonchev–Trinajstić information content (AvgIpc) is 2.58. The summed E-state index contributed by atoms with van der Waals surface area (Å²) in [7, 11) is 0. The molecule has 0 aromatic rings. The van der Waals surface area contributed by atoms with Crippen LogP contribution in [0.2, 0.25) is 0 Å². The van der Waals surface area contributed by atoms with Crippen molar-refractivity contribution in [3.8, 4) is 0 Å². The van der Waals surface area contributed by atoms with Crippen LogP contribution in [0.3, 0.4) is 0 Å². The summed E-state index contributed by atoms with van der Waals surface area (Å²) < 4.78 is 5.40. The molecule has 1 saturated heterocycles. The van der Waals surface area contributed by atoms with Gasteiger partial charge < -0.3 is 9.84 Å². The lowest BCUT2D eigenvalue weighted by Gasteiger charge is -2.22. The van der Waals surface area contributed by atoms with Crippen LogP contribution >= 0.6 is 0 Å². The van der Waals surface area contributed by atoms with Gasteiger partial charge in [0.1, 0.15) is 0 Å². The van der Waals surface area contributed by atoms with Crippen molar-refractivity contribution in [1.82, 2.24) is 0 Å². The van der Waals surface area contributed by atoms with E-state index in [1.165, 1.54) is 6.42 Å². The minimum absolute atomic E-state index is 0.195. The first kappa shape index (κ1) is 8.25. The largest absolute Gasteiger partial charge is 0.421 e. The molecule has 2 N–H and O–H groups in total. The molecule has 2 aliphatic carbocycles. The quantitative estimate of drug-likeness (QED) is 0.565. The Bertz CT molecular complexity index is 240. The van der Waals surface area contributed by atoms with Gasteiger partial charge in [-0.25, -0.2) is 0 Å². The number of hydrogen-bond donors (Lipinski definition) is 0. The van der Waals surface area contributed by atoms with E-state index in [0.717, 1.165) is 36.7 Å². The summed E-state index contributed by atoms with van der Waals surface area (Å²) >= 11 is 0. The second-order valence-electron chi connectivity index (χ2n) is 5.49. The Morgan fingerprint density at radius 1 is 1.46 bits per heavy atom. The first-order chi connectivity index (χ1) is 6.14. The molecule has 0 bridgehead atoms. The molecule has 3 aliphatic rings. The van der Waals surface area contributed by atoms with E-state index in [4.69, 9.17) is 9.84 Å². The number of fused-ring (bicyclic) bond motifs is 1. The van der Waals surface area contributed by atoms with Gasteiger partial charge in [0.2, 0.25) is 0 Å². The summed E-state index contributed by atoms with van der Waals surface area (Å²) in [4.78, 5) is 0. The third kappa shape index (κ3) is 0.861. The van der Waals surface area contributed by atoms with Crippen LogP contribution in [-0.4, -0.2) is 18.0 Å². The molecule has 1 aliphatic heterocycles. The van der Waals surface area contributed by atoms with E-state index in [0.29, 0.717) is 0 Å². The first-order valence-electron chi connectivity index (χ1n) is 5.47. The molecule has 3 fully saturated rings. The maximum Gasteiger partial charge on any atom is 0.269 e. The highest BCUT2D eigenvalue weighted by Crippen LogP contribution is 2.72. The van der Waals surface area contributed by atoms with E-state index in [9.17, 15) is 0 Å². The zero-order chi connectivity index (χ0) is 9.22. The van der Waals surface area contributed by atoms with Crippen LogP contribution in [0.4, 0.5) is 0 Å². The number of ether oxygens (including phenoxy) is 1. The molecule has 3 rings (SSSR count). The van der Waals surface area contributed by atoms with Crippen LogP contribution in [-0.2, 0) is 4.74 Å². The second kappa shape index (κ2) is 2.29. The van der Waals surface area contributed by atoms with Gasteiger partial charge in [-0.1, -0.05) is 6.92 Å². The highest BCUT2D eigenvalue weighted by molar-refractivity contribution is 5.15. The van der Waals surface area contributed by atoms with Crippen LogP contribution in [0.5, 0.6) is 0 Å². The van der Waals surface area contributed by atoms with E-state index < -0.39 is 0 Å². The van der Waals surface area contributed by atoms with Crippen molar-refractivity contribution in [3.63, 3.8) is 0 Å². The van der Waals surface area contributed by atoms with Crippen LogP contribution in [0.25, 0.3) is 0 Å². The number of hydrogen-bond acceptors (Lipinski definition) is 1. The monoisotopic (exact) mass is 183 g/mol. The Morgan fingerprint density at radius 3 is 2.62 bits per heavy atom. The van der Waals surface area contributed by atoms with Gasteiger partial charge in [0.15, 0.2) is 0 Å². The van der Waals surface area contributed by atoms with Crippen molar-refractivity contribution in [2.45, 2.75) is 33.0 Å². The molecular weight excluding hydrogens is 164 g/mol. The summed E-state index contributed by atoms with van der Waals surface area (Å²) in [5.74, 6) is 3.68. The van der Waals surface area contributed by atoms with E-state index in [1.54, 1.807) is 0 Å². The molecule has 2 saturated carbocycles. The van der Waals surface area contributed by atoms with Gasteiger partial charge in [-0.15, -0.1) is 0 Å². The van der Waals surface area contributed by atoms with Crippen LogP contribution in [0.1, 0.15) is 26.7 Å². The van der Waals surface area contributed by atoms with Crippen molar-refractivity contribution < 1.29 is 9.84 Å². The van der Waals surface area contributed by atoms with Crippen LogP contribution in [0.15, 0.2) is 0 Å². The third-order valence-electron chi connectivity index (χ3n) is 4.82. The van der Waals surface area contributed by atoms with E-state index in [2.05, 4.69) is 13.8 Å². The molecule has 0 aromatic carbocycles. The van der Waals surface area contributed by atoms with Gasteiger partial charge in [0.25, 0.3) is 6.29 Å². The molecule has 1 heterocycles. The summed E-state index contributed by atoms with van der Waals surface area (Å²) in [6.07, 6.45) is 2.29. The molecule has 2 heteroatoms. The lowest BCUT2D eigenvalue weighted by molar-refractivity contribution is -0.120. The Kier molecular flexibility index (Phi) is 1.45. The fraction of sp³-hybridized carbons (Fsp3) is 1.00. The van der Waals surface area contributed by atoms with Crippen molar-refractivity contribution >= 4 is 0 Å². The van der Waals surface area contributed by atoms with E-state index in [-0.39, 0.29) is 11.7 Å². The second-order valence-corrected chi connectivity index (χ2v) is 5.49. The molecule has 0 aromatic heterocycles. The lowest BCUT2D eigenvalue weighted by atomic mass is 9.81. The molecule has 74 valence electrons. The average molecular weight is 183 g/mol. The smallest absolute Gasteiger partial charge is 0.269 e. The fourth-order valence-electron chi connectivity index (χ4n) is 3.86. The Hall–Kier alpha value is -0.0800. The topological polar surface area (TPSA) is 32.1 Å². The summed E-state index contributed by atoms with van der Waals surface area (Å²) in [5.41, 5.74) is 0.195. The Morgan fingerprint density at radius 2 is 2.23 bits per heavy atom. The van der Waals surface area contributed by atoms with Crippen molar-refractivity contribution in [3.05, 3.63) is 0 Å². The van der Waals surface area contributed by atoms with Gasteiger partial charge >= 0.3 is 0 Å². The lowest BCUT2D eigenvalue weighted by Crippen LogP contribution is -2.30. The maximum atomic E-state index is 7.91. The Labute approximate surface area is 79.3 Å².